The minimum Gasteiger partial charge on any atom is -0.331 e. The van der Waals surface area contributed by atoms with E-state index in [0.29, 0.717) is 0 Å². The monoisotopic (exact) mass is 193 g/mol. The molecule has 78 valence electrons. The molecule has 1 aromatic rings. The Balaban J connectivity index is 1.80. The predicted octanol–water partition coefficient (Wildman–Crippen LogP) is 2.11. The molecule has 1 heterocycles. The number of unbranched alkanes of at least 4 members (excludes halogenated alkanes) is 1. The summed E-state index contributed by atoms with van der Waals surface area (Å²) >= 11 is 0. The van der Waals surface area contributed by atoms with Crippen LogP contribution in [0.3, 0.4) is 0 Å². The Labute approximate surface area is 85.5 Å². The van der Waals surface area contributed by atoms with Crippen LogP contribution in [0.2, 0.25) is 0 Å². The van der Waals surface area contributed by atoms with E-state index in [1.54, 1.807) is 0 Å². The summed E-state index contributed by atoms with van der Waals surface area (Å²) < 4.78 is 2.32. The molecule has 1 aromatic heterocycles. The average molecular weight is 193 g/mol. The summed E-state index contributed by atoms with van der Waals surface area (Å²) in [5.41, 5.74) is 0. The zero-order valence-corrected chi connectivity index (χ0v) is 8.87. The molecular formula is C11H19N3. The van der Waals surface area contributed by atoms with Crippen LogP contribution in [0.5, 0.6) is 0 Å². The van der Waals surface area contributed by atoms with Gasteiger partial charge in [0.2, 0.25) is 0 Å². The third-order valence-electron chi connectivity index (χ3n) is 2.68. The fourth-order valence-electron chi connectivity index (χ4n) is 1.67. The van der Waals surface area contributed by atoms with Crippen LogP contribution in [0.4, 0.5) is 0 Å². The van der Waals surface area contributed by atoms with Crippen molar-refractivity contribution in [1.29, 1.82) is 0 Å². The molecular weight excluding hydrogens is 174 g/mol. The molecule has 3 heteroatoms. The van der Waals surface area contributed by atoms with Crippen molar-refractivity contribution in [2.75, 3.05) is 6.54 Å². The van der Waals surface area contributed by atoms with Crippen molar-refractivity contribution in [2.24, 2.45) is 0 Å². The van der Waals surface area contributed by atoms with Gasteiger partial charge in [-0.25, -0.2) is 4.98 Å². The second-order valence-electron chi connectivity index (χ2n) is 4.01. The number of rotatable bonds is 6. The van der Waals surface area contributed by atoms with Gasteiger partial charge in [-0.05, 0) is 25.8 Å². The largest absolute Gasteiger partial charge is 0.331 e. The maximum atomic E-state index is 4.38. The van der Waals surface area contributed by atoms with E-state index in [1.165, 1.54) is 31.5 Å². The molecule has 14 heavy (non-hydrogen) atoms. The Hall–Kier alpha value is -0.830. The van der Waals surface area contributed by atoms with Gasteiger partial charge >= 0.3 is 0 Å². The fraction of sp³-hybridized carbons (Fsp3) is 0.727. The van der Waals surface area contributed by atoms with Gasteiger partial charge in [-0.2, -0.15) is 0 Å². The van der Waals surface area contributed by atoms with E-state index >= 15 is 0 Å². The molecule has 1 aliphatic carbocycles. The highest BCUT2D eigenvalue weighted by molar-refractivity contribution is 4.98. The Morgan fingerprint density at radius 3 is 3.14 bits per heavy atom. The lowest BCUT2D eigenvalue weighted by Gasteiger charge is -2.06. The van der Waals surface area contributed by atoms with Crippen molar-refractivity contribution >= 4 is 0 Å². The van der Waals surface area contributed by atoms with Crippen LogP contribution in [0.1, 0.15) is 44.5 Å². The van der Waals surface area contributed by atoms with Crippen LogP contribution < -0.4 is 5.32 Å². The molecule has 0 radical (unpaired) electrons. The van der Waals surface area contributed by atoms with Gasteiger partial charge in [-0.3, -0.25) is 0 Å². The van der Waals surface area contributed by atoms with E-state index in [-0.39, 0.29) is 0 Å². The van der Waals surface area contributed by atoms with Gasteiger partial charge in [0.25, 0.3) is 0 Å². The Bertz CT molecular complexity index is 276. The quantitative estimate of drug-likeness (QED) is 0.701. The zero-order chi connectivity index (χ0) is 9.80. The first-order valence-electron chi connectivity index (χ1n) is 5.64. The minimum atomic E-state index is 0.750. The van der Waals surface area contributed by atoms with Crippen molar-refractivity contribution in [2.45, 2.75) is 45.2 Å². The van der Waals surface area contributed by atoms with E-state index in [2.05, 4.69) is 28.0 Å². The summed E-state index contributed by atoms with van der Waals surface area (Å²) in [4.78, 5) is 4.38. The molecule has 0 amide bonds. The molecule has 3 nitrogen and oxygen atoms in total. The number of nitrogens with zero attached hydrogens (tertiary/aromatic N) is 2. The maximum absolute atomic E-state index is 4.38. The van der Waals surface area contributed by atoms with Gasteiger partial charge in [-0.1, -0.05) is 13.3 Å². The standard InChI is InChI=1S/C11H19N3/c1-2-3-6-12-9-11-13-7-8-14(11)10-4-5-10/h7-8,10,12H,2-6,9H2,1H3. The Kier molecular flexibility index (Phi) is 3.19. The molecule has 1 N–H and O–H groups in total. The Morgan fingerprint density at radius 2 is 2.43 bits per heavy atom. The van der Waals surface area contributed by atoms with Gasteiger partial charge in [0.1, 0.15) is 5.82 Å². The highest BCUT2D eigenvalue weighted by Gasteiger charge is 2.24. The SMILES string of the molecule is CCCCNCc1nccn1C1CC1. The van der Waals surface area contributed by atoms with E-state index < -0.39 is 0 Å². The first kappa shape index (κ1) is 9.71. The summed E-state index contributed by atoms with van der Waals surface area (Å²) in [6, 6.07) is 0.750. The van der Waals surface area contributed by atoms with Gasteiger partial charge in [0, 0.05) is 18.4 Å². The number of imidazole rings is 1. The average Bonchev–Trinajstić information content (AvgIpc) is 2.94. The molecule has 0 atom stereocenters. The van der Waals surface area contributed by atoms with Crippen LogP contribution in [-0.4, -0.2) is 16.1 Å². The van der Waals surface area contributed by atoms with Crippen molar-refractivity contribution < 1.29 is 0 Å². The van der Waals surface area contributed by atoms with Gasteiger partial charge in [0.15, 0.2) is 0 Å². The van der Waals surface area contributed by atoms with E-state index in [1.807, 2.05) is 6.20 Å². The Morgan fingerprint density at radius 1 is 1.57 bits per heavy atom. The van der Waals surface area contributed by atoms with Crippen molar-refractivity contribution in [3.63, 3.8) is 0 Å². The molecule has 0 unspecified atom stereocenters. The normalized spacial score (nSPS) is 16.1. The molecule has 1 saturated carbocycles. The second-order valence-corrected chi connectivity index (χ2v) is 4.01. The second kappa shape index (κ2) is 4.60. The number of hydrogen-bond donors (Lipinski definition) is 1. The van der Waals surface area contributed by atoms with Crippen molar-refractivity contribution in [3.05, 3.63) is 18.2 Å². The highest BCUT2D eigenvalue weighted by atomic mass is 15.1. The minimum absolute atomic E-state index is 0.750. The summed E-state index contributed by atoms with van der Waals surface area (Å²) in [6.45, 7) is 4.24. The summed E-state index contributed by atoms with van der Waals surface area (Å²) in [5, 5.41) is 3.43. The fourth-order valence-corrected chi connectivity index (χ4v) is 1.67. The molecule has 0 bridgehead atoms. The molecule has 1 fully saturated rings. The van der Waals surface area contributed by atoms with Crippen molar-refractivity contribution in [1.82, 2.24) is 14.9 Å². The first-order chi connectivity index (χ1) is 6.92. The van der Waals surface area contributed by atoms with E-state index in [0.717, 1.165) is 19.1 Å². The number of nitrogens with one attached hydrogen (secondary N) is 1. The maximum Gasteiger partial charge on any atom is 0.122 e. The van der Waals surface area contributed by atoms with E-state index in [9.17, 15) is 0 Å². The molecule has 2 rings (SSSR count). The summed E-state index contributed by atoms with van der Waals surface area (Å²) in [7, 11) is 0. The van der Waals surface area contributed by atoms with Crippen LogP contribution in [0, 0.1) is 0 Å². The number of hydrogen-bond acceptors (Lipinski definition) is 2. The third-order valence-corrected chi connectivity index (χ3v) is 2.68. The highest BCUT2D eigenvalue weighted by Crippen LogP contribution is 2.35. The summed E-state index contributed by atoms with van der Waals surface area (Å²) in [6.07, 6.45) is 9.19. The molecule has 0 aromatic carbocycles. The van der Waals surface area contributed by atoms with Gasteiger partial charge in [-0.15, -0.1) is 0 Å². The zero-order valence-electron chi connectivity index (χ0n) is 8.87. The van der Waals surface area contributed by atoms with Crippen LogP contribution in [0.25, 0.3) is 0 Å². The van der Waals surface area contributed by atoms with Crippen LogP contribution in [0.15, 0.2) is 12.4 Å². The predicted molar refractivity (Wildman–Crippen MR) is 57.1 cm³/mol. The first-order valence-corrected chi connectivity index (χ1v) is 5.64. The third kappa shape index (κ3) is 2.35. The lowest BCUT2D eigenvalue weighted by Crippen LogP contribution is -2.17. The smallest absolute Gasteiger partial charge is 0.122 e. The lowest BCUT2D eigenvalue weighted by atomic mass is 10.3. The lowest BCUT2D eigenvalue weighted by molar-refractivity contribution is 0.587. The molecule has 1 aliphatic rings. The van der Waals surface area contributed by atoms with Crippen LogP contribution >= 0.6 is 0 Å². The topological polar surface area (TPSA) is 29.9 Å². The van der Waals surface area contributed by atoms with E-state index in [4.69, 9.17) is 0 Å². The molecule has 0 aliphatic heterocycles. The molecule has 0 saturated heterocycles. The number of aromatic nitrogens is 2. The van der Waals surface area contributed by atoms with Crippen LogP contribution in [-0.2, 0) is 6.54 Å². The van der Waals surface area contributed by atoms with Crippen molar-refractivity contribution in [3.8, 4) is 0 Å². The molecule has 0 spiro atoms. The van der Waals surface area contributed by atoms with Gasteiger partial charge < -0.3 is 9.88 Å². The summed E-state index contributed by atoms with van der Waals surface area (Å²) in [5.74, 6) is 1.20. The van der Waals surface area contributed by atoms with Gasteiger partial charge in [0.05, 0.1) is 6.54 Å².